The lowest BCUT2D eigenvalue weighted by molar-refractivity contribution is -0.384. The van der Waals surface area contributed by atoms with Gasteiger partial charge in [-0.15, -0.1) is 0 Å². The van der Waals surface area contributed by atoms with E-state index in [0.29, 0.717) is 5.92 Å². The van der Waals surface area contributed by atoms with E-state index in [1.165, 1.54) is 29.6 Å². The van der Waals surface area contributed by atoms with Crippen molar-refractivity contribution in [1.29, 1.82) is 0 Å². The molecule has 27 heavy (non-hydrogen) atoms. The first-order chi connectivity index (χ1) is 12.7. The predicted octanol–water partition coefficient (Wildman–Crippen LogP) is 4.47. The number of rotatable bonds is 4. The first-order valence-electron chi connectivity index (χ1n) is 8.97. The van der Waals surface area contributed by atoms with Crippen LogP contribution in [0.15, 0.2) is 35.6 Å². The molecule has 1 N–H and O–H groups in total. The second-order valence-electron chi connectivity index (χ2n) is 7.74. The maximum absolute atomic E-state index is 11.1. The standard InChI is InChI=1S/C20H25N5O2/c1-13-9-18-16(14(2)11-20(3,4)24(18)5)10-15(13)12-22-23-19-17(25(26)27)7-6-8-21-19/h6-10,12,14H,11H2,1-5H3,(H,21,23)/b22-12+. The number of fused-ring (bicyclic) bond motifs is 1. The molecule has 0 spiro atoms. The van der Waals surface area contributed by atoms with Gasteiger partial charge < -0.3 is 4.90 Å². The van der Waals surface area contributed by atoms with Gasteiger partial charge in [-0.2, -0.15) is 5.10 Å². The Balaban J connectivity index is 1.88. The van der Waals surface area contributed by atoms with Crippen molar-refractivity contribution in [3.8, 4) is 0 Å². The number of hydrogen-bond acceptors (Lipinski definition) is 6. The zero-order valence-electron chi connectivity index (χ0n) is 16.4. The van der Waals surface area contributed by atoms with Crippen molar-refractivity contribution in [2.24, 2.45) is 5.10 Å². The van der Waals surface area contributed by atoms with Crippen LogP contribution in [-0.2, 0) is 0 Å². The van der Waals surface area contributed by atoms with E-state index in [1.54, 1.807) is 6.21 Å². The Labute approximate surface area is 159 Å². The Hall–Kier alpha value is -2.96. The van der Waals surface area contributed by atoms with Gasteiger partial charge in [0.2, 0.25) is 5.82 Å². The first-order valence-corrected chi connectivity index (χ1v) is 8.97. The highest BCUT2D eigenvalue weighted by atomic mass is 16.6. The van der Waals surface area contributed by atoms with Crippen LogP contribution in [0.2, 0.25) is 0 Å². The lowest BCUT2D eigenvalue weighted by Gasteiger charge is -2.45. The fourth-order valence-corrected chi connectivity index (χ4v) is 3.67. The molecule has 2 aromatic rings. The minimum atomic E-state index is -0.478. The number of nitrogens with zero attached hydrogens (tertiary/aromatic N) is 4. The van der Waals surface area contributed by atoms with Crippen LogP contribution in [0.5, 0.6) is 0 Å². The Kier molecular flexibility index (Phi) is 4.87. The molecule has 0 aliphatic carbocycles. The summed E-state index contributed by atoms with van der Waals surface area (Å²) in [6.07, 6.45) is 4.27. The molecule has 1 aliphatic rings. The summed E-state index contributed by atoms with van der Waals surface area (Å²) in [5.74, 6) is 0.577. The number of nitrogens with one attached hydrogen (secondary N) is 1. The van der Waals surface area contributed by atoms with Crippen LogP contribution >= 0.6 is 0 Å². The molecular weight excluding hydrogens is 342 g/mol. The largest absolute Gasteiger partial charge is 0.369 e. The van der Waals surface area contributed by atoms with Crippen molar-refractivity contribution in [1.82, 2.24) is 4.98 Å². The number of aryl methyl sites for hydroxylation is 1. The van der Waals surface area contributed by atoms with Crippen molar-refractivity contribution in [2.45, 2.75) is 45.6 Å². The van der Waals surface area contributed by atoms with Crippen LogP contribution < -0.4 is 10.3 Å². The summed E-state index contributed by atoms with van der Waals surface area (Å²) >= 11 is 0. The predicted molar refractivity (Wildman–Crippen MR) is 109 cm³/mol. The second kappa shape index (κ2) is 6.98. The van der Waals surface area contributed by atoms with Gasteiger partial charge in [-0.25, -0.2) is 4.98 Å². The normalized spacial score (nSPS) is 18.4. The molecule has 1 aliphatic heterocycles. The van der Waals surface area contributed by atoms with Crippen LogP contribution in [0.3, 0.4) is 0 Å². The molecule has 7 heteroatoms. The molecule has 1 aromatic heterocycles. The summed E-state index contributed by atoms with van der Waals surface area (Å²) in [6, 6.07) is 7.28. The molecule has 0 radical (unpaired) electrons. The summed E-state index contributed by atoms with van der Waals surface area (Å²) in [4.78, 5) is 16.9. The molecule has 0 saturated heterocycles. The number of hydrazone groups is 1. The van der Waals surface area contributed by atoms with E-state index in [-0.39, 0.29) is 17.0 Å². The van der Waals surface area contributed by atoms with Crippen molar-refractivity contribution in [3.63, 3.8) is 0 Å². The molecular formula is C20H25N5O2. The third kappa shape index (κ3) is 3.63. The minimum Gasteiger partial charge on any atom is -0.369 e. The Morgan fingerprint density at radius 1 is 1.44 bits per heavy atom. The van der Waals surface area contributed by atoms with E-state index >= 15 is 0 Å². The summed E-state index contributed by atoms with van der Waals surface area (Å²) in [5.41, 5.74) is 7.35. The Morgan fingerprint density at radius 2 is 2.19 bits per heavy atom. The smallest absolute Gasteiger partial charge is 0.313 e. The minimum absolute atomic E-state index is 0.103. The first kappa shape index (κ1) is 18.8. The number of aromatic nitrogens is 1. The van der Waals surface area contributed by atoms with Gasteiger partial charge in [0.05, 0.1) is 11.1 Å². The van der Waals surface area contributed by atoms with Gasteiger partial charge in [-0.05, 0) is 68.0 Å². The van der Waals surface area contributed by atoms with Gasteiger partial charge in [0.15, 0.2) is 0 Å². The van der Waals surface area contributed by atoms with Gasteiger partial charge in [0.1, 0.15) is 0 Å². The average Bonchev–Trinajstić information content (AvgIpc) is 2.60. The van der Waals surface area contributed by atoms with E-state index in [0.717, 1.165) is 17.5 Å². The van der Waals surface area contributed by atoms with Crippen molar-refractivity contribution < 1.29 is 4.92 Å². The zero-order chi connectivity index (χ0) is 19.8. The quantitative estimate of drug-likeness (QED) is 0.490. The average molecular weight is 367 g/mol. The molecule has 7 nitrogen and oxygen atoms in total. The lowest BCUT2D eigenvalue weighted by Crippen LogP contribution is -2.45. The molecule has 0 amide bonds. The number of hydrogen-bond donors (Lipinski definition) is 1. The Bertz CT molecular complexity index is 907. The van der Waals surface area contributed by atoms with Gasteiger partial charge in [0, 0.05) is 30.5 Å². The topological polar surface area (TPSA) is 83.7 Å². The molecule has 2 heterocycles. The van der Waals surface area contributed by atoms with Crippen molar-refractivity contribution >= 4 is 23.4 Å². The van der Waals surface area contributed by atoms with Crippen molar-refractivity contribution in [2.75, 3.05) is 17.4 Å². The van der Waals surface area contributed by atoms with Gasteiger partial charge in [-0.1, -0.05) is 6.92 Å². The third-order valence-corrected chi connectivity index (χ3v) is 5.38. The van der Waals surface area contributed by atoms with Gasteiger partial charge >= 0.3 is 5.69 Å². The summed E-state index contributed by atoms with van der Waals surface area (Å²) in [6.45, 7) is 8.83. The molecule has 0 bridgehead atoms. The maximum Gasteiger partial charge on any atom is 0.313 e. The lowest BCUT2D eigenvalue weighted by atomic mass is 9.79. The fourth-order valence-electron chi connectivity index (χ4n) is 3.67. The van der Waals surface area contributed by atoms with E-state index in [4.69, 9.17) is 0 Å². The molecule has 3 rings (SSSR count). The molecule has 1 aromatic carbocycles. The van der Waals surface area contributed by atoms with Crippen LogP contribution in [0, 0.1) is 17.0 Å². The number of benzene rings is 1. The zero-order valence-corrected chi connectivity index (χ0v) is 16.4. The monoisotopic (exact) mass is 367 g/mol. The van der Waals surface area contributed by atoms with Crippen LogP contribution in [-0.4, -0.2) is 28.7 Å². The molecule has 0 saturated carbocycles. The molecule has 142 valence electrons. The summed E-state index contributed by atoms with van der Waals surface area (Å²) in [5, 5.41) is 15.2. The van der Waals surface area contributed by atoms with E-state index in [2.05, 4.69) is 60.4 Å². The number of anilines is 2. The number of nitro groups is 1. The highest BCUT2D eigenvalue weighted by Gasteiger charge is 2.34. The van der Waals surface area contributed by atoms with Crippen molar-refractivity contribution in [3.05, 3.63) is 57.3 Å². The molecule has 1 unspecified atom stereocenters. The van der Waals surface area contributed by atoms with E-state index < -0.39 is 4.92 Å². The Morgan fingerprint density at radius 3 is 2.89 bits per heavy atom. The van der Waals surface area contributed by atoms with Crippen LogP contribution in [0.1, 0.15) is 49.8 Å². The third-order valence-electron chi connectivity index (χ3n) is 5.38. The van der Waals surface area contributed by atoms with Gasteiger partial charge in [0.25, 0.3) is 0 Å². The number of pyridine rings is 1. The van der Waals surface area contributed by atoms with Crippen LogP contribution in [0.4, 0.5) is 17.2 Å². The maximum atomic E-state index is 11.1. The SMILES string of the molecule is Cc1cc2c(cc1/C=N/Nc1ncccc1[N+](=O)[O-])C(C)CC(C)(C)N2C. The van der Waals surface area contributed by atoms with E-state index in [9.17, 15) is 10.1 Å². The summed E-state index contributed by atoms with van der Waals surface area (Å²) < 4.78 is 0. The van der Waals surface area contributed by atoms with Crippen LogP contribution in [0.25, 0.3) is 0 Å². The van der Waals surface area contributed by atoms with E-state index in [1.807, 2.05) is 6.92 Å². The fraction of sp³-hybridized carbons (Fsp3) is 0.400. The van der Waals surface area contributed by atoms with Gasteiger partial charge in [-0.3, -0.25) is 15.5 Å². The summed E-state index contributed by atoms with van der Waals surface area (Å²) in [7, 11) is 2.14. The molecule has 0 fully saturated rings. The molecule has 1 atom stereocenters. The second-order valence-corrected chi connectivity index (χ2v) is 7.74. The highest BCUT2D eigenvalue weighted by molar-refractivity contribution is 5.84. The highest BCUT2D eigenvalue weighted by Crippen LogP contribution is 2.43.